The van der Waals surface area contributed by atoms with Crippen molar-refractivity contribution in [2.45, 2.75) is 117 Å². The average molecular weight is 427 g/mol. The third-order valence-corrected chi connectivity index (χ3v) is 11.8. The van der Waals surface area contributed by atoms with Gasteiger partial charge in [-0.15, -0.1) is 0 Å². The third-order valence-electron chi connectivity index (χ3n) is 11.8. The van der Waals surface area contributed by atoms with E-state index in [1.807, 2.05) is 0 Å². The maximum absolute atomic E-state index is 12.8. The number of ether oxygens (including phenoxy) is 1. The Morgan fingerprint density at radius 1 is 0.903 bits per heavy atom. The fourth-order valence-corrected chi connectivity index (χ4v) is 9.75. The molecule has 1 aliphatic heterocycles. The molecule has 4 aliphatic carbocycles. The molecule has 174 valence electrons. The van der Waals surface area contributed by atoms with Gasteiger partial charge in [-0.05, 0) is 112 Å². The molecule has 0 spiro atoms. The van der Waals surface area contributed by atoms with Crippen LogP contribution in [0.3, 0.4) is 0 Å². The Kier molecular flexibility index (Phi) is 4.96. The summed E-state index contributed by atoms with van der Waals surface area (Å²) in [5.41, 5.74) is 2.33. The summed E-state index contributed by atoms with van der Waals surface area (Å²) >= 11 is 0. The molecule has 3 unspecified atom stereocenters. The number of rotatable bonds is 4. The zero-order valence-electron chi connectivity index (χ0n) is 21.1. The summed E-state index contributed by atoms with van der Waals surface area (Å²) in [5, 5.41) is 0. The van der Waals surface area contributed by atoms with Crippen LogP contribution in [0, 0.1) is 45.8 Å². The minimum absolute atomic E-state index is 0.103. The summed E-state index contributed by atoms with van der Waals surface area (Å²) in [4.78, 5) is 12.8. The van der Waals surface area contributed by atoms with Gasteiger partial charge in [0.05, 0.1) is 11.7 Å². The standard InChI is InChI=1S/C29H46O2/c1-18(8-13-25-27(4,5)31-25)19-14-16-28(6)20(19)9-10-22-21(28)11-12-23-26(2,3)24(30)15-17-29(22,23)7/h19-23,25H,1,8-17H2,2-7H3/t19-,20?,21-,22+,23?,25?,28+,29-/m1/s1. The first-order valence-corrected chi connectivity index (χ1v) is 13.3. The van der Waals surface area contributed by atoms with E-state index in [1.165, 1.54) is 44.1 Å². The zero-order valence-corrected chi connectivity index (χ0v) is 21.1. The third kappa shape index (κ3) is 3.17. The van der Waals surface area contributed by atoms with Crippen molar-refractivity contribution >= 4 is 5.78 Å². The summed E-state index contributed by atoms with van der Waals surface area (Å²) in [6.45, 7) is 18.8. The Morgan fingerprint density at radius 3 is 2.19 bits per heavy atom. The maximum Gasteiger partial charge on any atom is 0.138 e. The average Bonchev–Trinajstić information content (AvgIpc) is 3.15. The van der Waals surface area contributed by atoms with Crippen LogP contribution in [-0.4, -0.2) is 17.5 Å². The van der Waals surface area contributed by atoms with Crippen molar-refractivity contribution < 1.29 is 9.53 Å². The molecule has 0 aromatic carbocycles. The molecule has 2 nitrogen and oxygen atoms in total. The van der Waals surface area contributed by atoms with Gasteiger partial charge in [-0.25, -0.2) is 0 Å². The van der Waals surface area contributed by atoms with Crippen molar-refractivity contribution in [1.82, 2.24) is 0 Å². The van der Waals surface area contributed by atoms with Crippen LogP contribution in [0.2, 0.25) is 0 Å². The molecule has 0 N–H and O–H groups in total. The molecule has 4 saturated carbocycles. The highest BCUT2D eigenvalue weighted by atomic mass is 16.6. The van der Waals surface area contributed by atoms with Crippen molar-refractivity contribution in [3.63, 3.8) is 0 Å². The van der Waals surface area contributed by atoms with Gasteiger partial charge in [0.15, 0.2) is 0 Å². The van der Waals surface area contributed by atoms with E-state index in [0.717, 1.165) is 49.4 Å². The Morgan fingerprint density at radius 2 is 1.52 bits per heavy atom. The summed E-state index contributed by atoms with van der Waals surface area (Å²) in [6.07, 6.45) is 12.8. The molecule has 0 radical (unpaired) electrons. The molecule has 31 heavy (non-hydrogen) atoms. The lowest BCUT2D eigenvalue weighted by atomic mass is 9.40. The first-order valence-electron chi connectivity index (χ1n) is 13.3. The number of hydrogen-bond acceptors (Lipinski definition) is 2. The van der Waals surface area contributed by atoms with Crippen molar-refractivity contribution in [1.29, 1.82) is 0 Å². The number of carbonyl (C=O) groups excluding carboxylic acids is 1. The fraction of sp³-hybridized carbons (Fsp3) is 0.897. The van der Waals surface area contributed by atoms with Crippen LogP contribution >= 0.6 is 0 Å². The molecule has 1 heterocycles. The second kappa shape index (κ2) is 6.94. The smallest absolute Gasteiger partial charge is 0.138 e. The van der Waals surface area contributed by atoms with Crippen LogP contribution in [0.15, 0.2) is 12.2 Å². The molecule has 0 aromatic rings. The largest absolute Gasteiger partial charge is 0.367 e. The number of epoxide rings is 1. The minimum Gasteiger partial charge on any atom is -0.367 e. The predicted octanol–water partition coefficient (Wildman–Crippen LogP) is 7.36. The van der Waals surface area contributed by atoms with Crippen LogP contribution in [0.1, 0.15) is 106 Å². The number of fused-ring (bicyclic) bond motifs is 5. The Balaban J connectivity index is 1.32. The minimum atomic E-state index is -0.124. The number of hydrogen-bond donors (Lipinski definition) is 0. The Labute approximate surface area is 191 Å². The number of Topliss-reactive ketones (excluding diaryl/α,β-unsaturated/α-hetero) is 1. The number of allylic oxidation sites excluding steroid dienone is 1. The van der Waals surface area contributed by atoms with Gasteiger partial charge in [-0.3, -0.25) is 4.79 Å². The monoisotopic (exact) mass is 426 g/mol. The van der Waals surface area contributed by atoms with Gasteiger partial charge in [0.25, 0.3) is 0 Å². The molecule has 0 amide bonds. The first kappa shape index (κ1) is 22.2. The Bertz CT molecular complexity index is 778. The first-order chi connectivity index (χ1) is 14.4. The normalized spacial score (nSPS) is 49.7. The van der Waals surface area contributed by atoms with Crippen LogP contribution < -0.4 is 0 Å². The van der Waals surface area contributed by atoms with Crippen molar-refractivity contribution in [3.8, 4) is 0 Å². The van der Waals surface area contributed by atoms with Gasteiger partial charge in [-0.2, -0.15) is 0 Å². The van der Waals surface area contributed by atoms with E-state index in [2.05, 4.69) is 48.1 Å². The molecule has 1 saturated heterocycles. The van der Waals surface area contributed by atoms with Gasteiger partial charge in [-0.1, -0.05) is 39.8 Å². The van der Waals surface area contributed by atoms with E-state index < -0.39 is 0 Å². The molecule has 5 fully saturated rings. The lowest BCUT2D eigenvalue weighted by Gasteiger charge is -2.64. The second-order valence-electron chi connectivity index (χ2n) is 13.7. The predicted molar refractivity (Wildman–Crippen MR) is 127 cm³/mol. The van der Waals surface area contributed by atoms with Crippen LogP contribution in [0.4, 0.5) is 0 Å². The van der Waals surface area contributed by atoms with Gasteiger partial charge < -0.3 is 4.74 Å². The van der Waals surface area contributed by atoms with Gasteiger partial charge in [0, 0.05) is 11.8 Å². The van der Waals surface area contributed by atoms with Gasteiger partial charge in [0.2, 0.25) is 0 Å². The van der Waals surface area contributed by atoms with Gasteiger partial charge >= 0.3 is 0 Å². The summed E-state index contributed by atoms with van der Waals surface area (Å²) < 4.78 is 5.84. The summed E-state index contributed by atoms with van der Waals surface area (Å²) in [7, 11) is 0. The lowest BCUT2D eigenvalue weighted by molar-refractivity contribution is -0.167. The van der Waals surface area contributed by atoms with Crippen molar-refractivity contribution in [3.05, 3.63) is 12.2 Å². The van der Waals surface area contributed by atoms with Crippen molar-refractivity contribution in [2.24, 2.45) is 45.8 Å². The SMILES string of the molecule is C=C(CCC1OC1(C)C)[C@H]1CC[C@@]2(C)C1CC[C@H]1[C@H]2CCC2C(C)(C)C(=O)CC[C@@]21C. The molecule has 2 heteroatoms. The highest BCUT2D eigenvalue weighted by Crippen LogP contribution is 2.70. The molecule has 0 bridgehead atoms. The summed E-state index contributed by atoms with van der Waals surface area (Å²) in [5.74, 6) is 4.31. The molecule has 0 aromatic heterocycles. The second-order valence-corrected chi connectivity index (χ2v) is 13.7. The fourth-order valence-electron chi connectivity index (χ4n) is 9.75. The van der Waals surface area contributed by atoms with E-state index in [-0.39, 0.29) is 11.0 Å². The zero-order chi connectivity index (χ0) is 22.4. The van der Waals surface area contributed by atoms with Crippen LogP contribution in [0.25, 0.3) is 0 Å². The highest BCUT2D eigenvalue weighted by Gasteiger charge is 2.64. The van der Waals surface area contributed by atoms with Crippen LogP contribution in [-0.2, 0) is 9.53 Å². The van der Waals surface area contributed by atoms with E-state index in [4.69, 9.17) is 4.74 Å². The molecular formula is C29H46O2. The van der Waals surface area contributed by atoms with E-state index >= 15 is 0 Å². The maximum atomic E-state index is 12.8. The molecular weight excluding hydrogens is 380 g/mol. The highest BCUT2D eigenvalue weighted by molar-refractivity contribution is 5.85. The topological polar surface area (TPSA) is 29.6 Å². The number of carbonyl (C=O) groups is 1. The molecule has 5 aliphatic rings. The Hall–Kier alpha value is -0.630. The van der Waals surface area contributed by atoms with E-state index in [0.29, 0.717) is 28.6 Å². The van der Waals surface area contributed by atoms with E-state index in [9.17, 15) is 4.79 Å². The van der Waals surface area contributed by atoms with Crippen LogP contribution in [0.5, 0.6) is 0 Å². The summed E-state index contributed by atoms with van der Waals surface area (Å²) in [6, 6.07) is 0. The van der Waals surface area contributed by atoms with Gasteiger partial charge in [0.1, 0.15) is 5.78 Å². The number of ketones is 1. The quantitative estimate of drug-likeness (QED) is 0.347. The molecule has 8 atom stereocenters. The van der Waals surface area contributed by atoms with Crippen molar-refractivity contribution in [2.75, 3.05) is 0 Å². The van der Waals surface area contributed by atoms with E-state index in [1.54, 1.807) is 0 Å². The molecule has 5 rings (SSSR count). The lowest BCUT2D eigenvalue weighted by Crippen LogP contribution is -2.59.